The first-order chi connectivity index (χ1) is 7.63. The third kappa shape index (κ3) is 2.09. The first-order valence-electron chi connectivity index (χ1n) is 6.76. The van der Waals surface area contributed by atoms with Gasteiger partial charge in [-0.1, -0.05) is 31.9 Å². The SMILES string of the molecule is CC1=CC2[C@@H](CC1)[C@H](C)CC[C@H]2[C@@H](C)C=O. The van der Waals surface area contributed by atoms with Crippen molar-refractivity contribution in [2.45, 2.75) is 46.5 Å². The first kappa shape index (κ1) is 11.9. The molecule has 1 heteroatoms. The van der Waals surface area contributed by atoms with Gasteiger partial charge in [-0.2, -0.15) is 0 Å². The molecular weight excluding hydrogens is 196 g/mol. The van der Waals surface area contributed by atoms with Crippen molar-refractivity contribution < 1.29 is 4.79 Å². The summed E-state index contributed by atoms with van der Waals surface area (Å²) in [4.78, 5) is 11.0. The number of aldehydes is 1. The summed E-state index contributed by atoms with van der Waals surface area (Å²) in [5.74, 6) is 3.21. The second-order valence-corrected chi connectivity index (χ2v) is 6.01. The Labute approximate surface area is 99.3 Å². The average molecular weight is 220 g/mol. The van der Waals surface area contributed by atoms with Crippen LogP contribution in [0.1, 0.15) is 46.5 Å². The normalized spacial score (nSPS) is 40.8. The Balaban J connectivity index is 2.21. The van der Waals surface area contributed by atoms with Crippen LogP contribution in [0.15, 0.2) is 11.6 Å². The third-order valence-corrected chi connectivity index (χ3v) is 4.91. The minimum absolute atomic E-state index is 0.238. The van der Waals surface area contributed by atoms with Crippen LogP contribution in [-0.2, 0) is 4.79 Å². The van der Waals surface area contributed by atoms with E-state index in [2.05, 4.69) is 26.8 Å². The topological polar surface area (TPSA) is 17.1 Å². The molecule has 0 heterocycles. The Kier molecular flexibility index (Phi) is 3.51. The van der Waals surface area contributed by atoms with Crippen LogP contribution in [0.5, 0.6) is 0 Å². The highest BCUT2D eigenvalue weighted by Crippen LogP contribution is 2.47. The monoisotopic (exact) mass is 220 g/mol. The van der Waals surface area contributed by atoms with Gasteiger partial charge in [0.15, 0.2) is 0 Å². The number of carbonyl (C=O) groups is 1. The highest BCUT2D eigenvalue weighted by Gasteiger charge is 2.39. The standard InChI is InChI=1S/C15H24O/c1-10-4-6-13-11(2)5-7-14(12(3)9-16)15(13)8-10/h8-9,11-15H,4-7H2,1-3H3/t11-,12+,13+,14+,15?/m1/s1. The van der Waals surface area contributed by atoms with Gasteiger partial charge in [0, 0.05) is 5.92 Å². The first-order valence-corrected chi connectivity index (χ1v) is 6.76. The molecule has 5 atom stereocenters. The largest absolute Gasteiger partial charge is 0.303 e. The molecule has 0 aliphatic heterocycles. The lowest BCUT2D eigenvalue weighted by Gasteiger charge is -2.44. The predicted molar refractivity (Wildman–Crippen MR) is 67.1 cm³/mol. The summed E-state index contributed by atoms with van der Waals surface area (Å²) in [6, 6.07) is 0. The minimum atomic E-state index is 0.238. The molecular formula is C15H24O. The molecule has 90 valence electrons. The zero-order valence-corrected chi connectivity index (χ0v) is 10.8. The molecule has 2 aliphatic carbocycles. The summed E-state index contributed by atoms with van der Waals surface area (Å²) in [6.45, 7) is 6.74. The fourth-order valence-corrected chi connectivity index (χ4v) is 3.80. The highest BCUT2D eigenvalue weighted by molar-refractivity contribution is 5.53. The van der Waals surface area contributed by atoms with Crippen molar-refractivity contribution in [3.8, 4) is 0 Å². The van der Waals surface area contributed by atoms with Crippen LogP contribution in [0.4, 0.5) is 0 Å². The van der Waals surface area contributed by atoms with Gasteiger partial charge in [-0.05, 0) is 49.9 Å². The van der Waals surface area contributed by atoms with Gasteiger partial charge in [0.05, 0.1) is 0 Å². The summed E-state index contributed by atoms with van der Waals surface area (Å²) < 4.78 is 0. The molecule has 0 amide bonds. The van der Waals surface area contributed by atoms with E-state index in [1.165, 1.54) is 25.7 Å². The maximum absolute atomic E-state index is 11.0. The van der Waals surface area contributed by atoms with Gasteiger partial charge in [0.2, 0.25) is 0 Å². The third-order valence-electron chi connectivity index (χ3n) is 4.91. The van der Waals surface area contributed by atoms with Crippen LogP contribution in [0.3, 0.4) is 0 Å². The maximum atomic E-state index is 11.0. The van der Waals surface area contributed by atoms with E-state index in [9.17, 15) is 4.79 Å². The van der Waals surface area contributed by atoms with Crippen molar-refractivity contribution in [1.82, 2.24) is 0 Å². The molecule has 0 bridgehead atoms. The number of allylic oxidation sites excluding steroid dienone is 2. The lowest BCUT2D eigenvalue weighted by molar-refractivity contribution is -0.113. The van der Waals surface area contributed by atoms with Crippen LogP contribution < -0.4 is 0 Å². The van der Waals surface area contributed by atoms with Gasteiger partial charge >= 0.3 is 0 Å². The Bertz CT molecular complexity index is 292. The van der Waals surface area contributed by atoms with Gasteiger partial charge in [-0.25, -0.2) is 0 Å². The van der Waals surface area contributed by atoms with E-state index in [4.69, 9.17) is 0 Å². The van der Waals surface area contributed by atoms with Crippen LogP contribution >= 0.6 is 0 Å². The molecule has 0 aromatic rings. The molecule has 1 fully saturated rings. The molecule has 1 saturated carbocycles. The van der Waals surface area contributed by atoms with Gasteiger partial charge in [0.1, 0.15) is 6.29 Å². The van der Waals surface area contributed by atoms with Gasteiger partial charge < -0.3 is 4.79 Å². The summed E-state index contributed by atoms with van der Waals surface area (Å²) in [6.07, 6.45) is 8.82. The number of fused-ring (bicyclic) bond motifs is 1. The van der Waals surface area contributed by atoms with E-state index in [0.29, 0.717) is 11.8 Å². The summed E-state index contributed by atoms with van der Waals surface area (Å²) in [5, 5.41) is 0. The van der Waals surface area contributed by atoms with E-state index in [-0.39, 0.29) is 5.92 Å². The summed E-state index contributed by atoms with van der Waals surface area (Å²) >= 11 is 0. The molecule has 0 N–H and O–H groups in total. The second kappa shape index (κ2) is 4.73. The zero-order chi connectivity index (χ0) is 11.7. The number of hydrogen-bond acceptors (Lipinski definition) is 1. The minimum Gasteiger partial charge on any atom is -0.303 e. The Morgan fingerprint density at radius 1 is 1.38 bits per heavy atom. The molecule has 2 aliphatic rings. The summed E-state index contributed by atoms with van der Waals surface area (Å²) in [5.41, 5.74) is 1.54. The lowest BCUT2D eigenvalue weighted by Crippen LogP contribution is -2.37. The van der Waals surface area contributed by atoms with Crippen molar-refractivity contribution in [2.24, 2.45) is 29.6 Å². The Hall–Kier alpha value is -0.590. The molecule has 0 aromatic heterocycles. The van der Waals surface area contributed by atoms with Crippen molar-refractivity contribution >= 4 is 6.29 Å². The lowest BCUT2D eigenvalue weighted by atomic mass is 9.60. The second-order valence-electron chi connectivity index (χ2n) is 6.01. The number of carbonyl (C=O) groups excluding carboxylic acids is 1. The maximum Gasteiger partial charge on any atom is 0.123 e. The Morgan fingerprint density at radius 2 is 2.12 bits per heavy atom. The summed E-state index contributed by atoms with van der Waals surface area (Å²) in [7, 11) is 0. The smallest absolute Gasteiger partial charge is 0.123 e. The van der Waals surface area contributed by atoms with Crippen LogP contribution in [0.2, 0.25) is 0 Å². The molecule has 0 aromatic carbocycles. The fourth-order valence-electron chi connectivity index (χ4n) is 3.80. The Morgan fingerprint density at radius 3 is 2.81 bits per heavy atom. The van der Waals surface area contributed by atoms with Crippen LogP contribution in [0, 0.1) is 29.6 Å². The van der Waals surface area contributed by atoms with Crippen molar-refractivity contribution in [2.75, 3.05) is 0 Å². The quantitative estimate of drug-likeness (QED) is 0.510. The molecule has 0 radical (unpaired) electrons. The van der Waals surface area contributed by atoms with Crippen molar-refractivity contribution in [3.63, 3.8) is 0 Å². The van der Waals surface area contributed by atoms with E-state index < -0.39 is 0 Å². The van der Waals surface area contributed by atoms with Gasteiger partial charge in [-0.15, -0.1) is 0 Å². The fraction of sp³-hybridized carbons (Fsp3) is 0.800. The van der Waals surface area contributed by atoms with Gasteiger partial charge in [-0.3, -0.25) is 0 Å². The van der Waals surface area contributed by atoms with E-state index in [1.807, 2.05) is 0 Å². The van der Waals surface area contributed by atoms with Crippen molar-refractivity contribution in [3.05, 3.63) is 11.6 Å². The molecule has 1 unspecified atom stereocenters. The average Bonchev–Trinajstić information content (AvgIpc) is 2.28. The number of rotatable bonds is 2. The van der Waals surface area contributed by atoms with Crippen LogP contribution in [-0.4, -0.2) is 6.29 Å². The highest BCUT2D eigenvalue weighted by atomic mass is 16.1. The molecule has 0 spiro atoms. The number of hydrogen-bond donors (Lipinski definition) is 0. The molecule has 1 nitrogen and oxygen atoms in total. The van der Waals surface area contributed by atoms with Crippen molar-refractivity contribution in [1.29, 1.82) is 0 Å². The van der Waals surface area contributed by atoms with E-state index in [1.54, 1.807) is 5.57 Å². The molecule has 0 saturated heterocycles. The molecule has 16 heavy (non-hydrogen) atoms. The molecule has 2 rings (SSSR count). The van der Waals surface area contributed by atoms with E-state index >= 15 is 0 Å². The van der Waals surface area contributed by atoms with Crippen LogP contribution in [0.25, 0.3) is 0 Å². The zero-order valence-electron chi connectivity index (χ0n) is 10.8. The van der Waals surface area contributed by atoms with Gasteiger partial charge in [0.25, 0.3) is 0 Å². The van der Waals surface area contributed by atoms with E-state index in [0.717, 1.165) is 18.1 Å². The predicted octanol–water partition coefficient (Wildman–Crippen LogP) is 3.84.